The molecule has 0 atom stereocenters. The van der Waals surface area contributed by atoms with E-state index >= 15 is 0 Å². The number of halogens is 1. The number of hydrogen-bond donors (Lipinski definition) is 0. The molecule has 5 heteroatoms. The summed E-state index contributed by atoms with van der Waals surface area (Å²) >= 11 is 1.62. The lowest BCUT2D eigenvalue weighted by molar-refractivity contribution is -0.134. The van der Waals surface area contributed by atoms with Gasteiger partial charge in [-0.3, -0.25) is 4.79 Å². The summed E-state index contributed by atoms with van der Waals surface area (Å²) in [5.74, 6) is -0.862. The molecule has 0 spiro atoms. The zero-order valence-corrected chi connectivity index (χ0v) is 20.1. The molecule has 0 radical (unpaired) electrons. The molecule has 0 aliphatic rings. The zero-order valence-electron chi connectivity index (χ0n) is 19.3. The minimum Gasteiger partial charge on any atom is -0.423 e. The van der Waals surface area contributed by atoms with Crippen molar-refractivity contribution < 1.29 is 13.9 Å². The van der Waals surface area contributed by atoms with E-state index in [2.05, 4.69) is 18.8 Å². The molecule has 0 fully saturated rings. The number of aryl methyl sites for hydroxylation is 1. The number of nitrogens with zero attached hydrogens (tertiary/aromatic N) is 1. The van der Waals surface area contributed by atoms with Gasteiger partial charge in [-0.2, -0.15) is 0 Å². The van der Waals surface area contributed by atoms with Crippen molar-refractivity contribution in [2.75, 3.05) is 0 Å². The fourth-order valence-electron chi connectivity index (χ4n) is 3.58. The van der Waals surface area contributed by atoms with Gasteiger partial charge in [0.25, 0.3) is 0 Å². The Kier molecular flexibility index (Phi) is 12.4. The summed E-state index contributed by atoms with van der Waals surface area (Å²) in [5.41, 5.74) is 0.778. The SMILES string of the molecule is CCCCCCCCCCc1ncc(-c2ccc(OC(=O)CCCCCC)c(F)c2)s1. The van der Waals surface area contributed by atoms with Crippen molar-refractivity contribution in [2.24, 2.45) is 0 Å². The Balaban J connectivity index is 1.76. The Morgan fingerprint density at radius 2 is 1.58 bits per heavy atom. The highest BCUT2D eigenvalue weighted by molar-refractivity contribution is 7.15. The summed E-state index contributed by atoms with van der Waals surface area (Å²) < 4.78 is 19.7. The van der Waals surface area contributed by atoms with Crippen molar-refractivity contribution in [3.8, 4) is 16.2 Å². The molecular weight excluding hydrogens is 409 g/mol. The third kappa shape index (κ3) is 9.94. The van der Waals surface area contributed by atoms with Gasteiger partial charge in [-0.1, -0.05) is 78.1 Å². The summed E-state index contributed by atoms with van der Waals surface area (Å²) in [6, 6.07) is 4.79. The van der Waals surface area contributed by atoms with Gasteiger partial charge < -0.3 is 4.74 Å². The Morgan fingerprint density at radius 1 is 0.935 bits per heavy atom. The molecule has 2 rings (SSSR count). The van der Waals surface area contributed by atoms with Gasteiger partial charge in [0.15, 0.2) is 11.6 Å². The number of ether oxygens (including phenoxy) is 1. The van der Waals surface area contributed by atoms with E-state index in [1.165, 1.54) is 51.0 Å². The summed E-state index contributed by atoms with van der Waals surface area (Å²) in [6.45, 7) is 4.37. The Morgan fingerprint density at radius 3 is 2.26 bits per heavy atom. The number of benzene rings is 1. The van der Waals surface area contributed by atoms with E-state index < -0.39 is 5.82 Å². The first-order chi connectivity index (χ1) is 15.1. The number of hydrogen-bond acceptors (Lipinski definition) is 4. The average molecular weight is 448 g/mol. The van der Waals surface area contributed by atoms with E-state index in [4.69, 9.17) is 4.74 Å². The van der Waals surface area contributed by atoms with E-state index in [9.17, 15) is 9.18 Å². The molecule has 0 aliphatic heterocycles. The minimum absolute atomic E-state index is 0.00733. The molecular formula is C26H38FNO2S. The van der Waals surface area contributed by atoms with Gasteiger partial charge in [0.05, 0.1) is 9.88 Å². The van der Waals surface area contributed by atoms with Crippen LogP contribution in [0.25, 0.3) is 10.4 Å². The van der Waals surface area contributed by atoms with Crippen LogP contribution in [0.1, 0.15) is 102 Å². The smallest absolute Gasteiger partial charge is 0.311 e. The van der Waals surface area contributed by atoms with E-state index in [0.717, 1.165) is 54.0 Å². The molecule has 1 aromatic carbocycles. The summed E-state index contributed by atoms with van der Waals surface area (Å²) in [4.78, 5) is 17.4. The van der Waals surface area contributed by atoms with Gasteiger partial charge in [-0.25, -0.2) is 9.37 Å². The van der Waals surface area contributed by atoms with Crippen LogP contribution in [-0.4, -0.2) is 11.0 Å². The summed E-state index contributed by atoms with van der Waals surface area (Å²) in [7, 11) is 0. The van der Waals surface area contributed by atoms with Gasteiger partial charge in [0, 0.05) is 12.6 Å². The molecule has 3 nitrogen and oxygen atoms in total. The molecule has 0 saturated carbocycles. The van der Waals surface area contributed by atoms with Crippen molar-refractivity contribution >= 4 is 17.3 Å². The van der Waals surface area contributed by atoms with E-state index in [1.807, 2.05) is 6.20 Å². The molecule has 1 aromatic heterocycles. The van der Waals surface area contributed by atoms with Crippen LogP contribution in [0, 0.1) is 5.82 Å². The van der Waals surface area contributed by atoms with Crippen LogP contribution in [0.2, 0.25) is 0 Å². The van der Waals surface area contributed by atoms with Gasteiger partial charge in [0.2, 0.25) is 0 Å². The second-order valence-electron chi connectivity index (χ2n) is 8.27. The van der Waals surface area contributed by atoms with Crippen molar-refractivity contribution in [1.29, 1.82) is 0 Å². The second kappa shape index (κ2) is 15.1. The summed E-state index contributed by atoms with van der Waals surface area (Å²) in [6.07, 6.45) is 17.5. The van der Waals surface area contributed by atoms with E-state index in [1.54, 1.807) is 23.5 Å². The maximum Gasteiger partial charge on any atom is 0.311 e. The Hall–Kier alpha value is -1.75. The number of unbranched alkanes of at least 4 members (excludes halogenated alkanes) is 10. The van der Waals surface area contributed by atoms with Crippen LogP contribution in [0.3, 0.4) is 0 Å². The lowest BCUT2D eigenvalue weighted by Gasteiger charge is -2.06. The number of carbonyl (C=O) groups is 1. The molecule has 172 valence electrons. The number of aromatic nitrogens is 1. The molecule has 0 aliphatic carbocycles. The highest BCUT2D eigenvalue weighted by Gasteiger charge is 2.12. The minimum atomic E-state index is -0.502. The molecule has 0 bridgehead atoms. The largest absolute Gasteiger partial charge is 0.423 e. The van der Waals surface area contributed by atoms with Crippen LogP contribution in [0.4, 0.5) is 4.39 Å². The Bertz CT molecular complexity index is 775. The highest BCUT2D eigenvalue weighted by atomic mass is 32.1. The number of rotatable bonds is 16. The van der Waals surface area contributed by atoms with Gasteiger partial charge in [0.1, 0.15) is 0 Å². The molecule has 2 aromatic rings. The quantitative estimate of drug-likeness (QED) is 0.147. The van der Waals surface area contributed by atoms with Crippen molar-refractivity contribution in [3.05, 3.63) is 35.2 Å². The van der Waals surface area contributed by atoms with Crippen molar-refractivity contribution in [2.45, 2.75) is 104 Å². The molecule has 31 heavy (non-hydrogen) atoms. The maximum absolute atomic E-state index is 14.5. The fourth-order valence-corrected chi connectivity index (χ4v) is 4.53. The average Bonchev–Trinajstić information content (AvgIpc) is 3.23. The van der Waals surface area contributed by atoms with E-state index in [-0.39, 0.29) is 11.7 Å². The number of carbonyl (C=O) groups excluding carboxylic acids is 1. The predicted octanol–water partition coefficient (Wildman–Crippen LogP) is 8.51. The van der Waals surface area contributed by atoms with Crippen LogP contribution in [0.15, 0.2) is 24.4 Å². The van der Waals surface area contributed by atoms with Crippen LogP contribution in [0.5, 0.6) is 5.75 Å². The van der Waals surface area contributed by atoms with Crippen LogP contribution < -0.4 is 4.74 Å². The zero-order chi connectivity index (χ0) is 22.3. The molecule has 0 unspecified atom stereocenters. The maximum atomic E-state index is 14.5. The number of esters is 1. The van der Waals surface area contributed by atoms with Gasteiger partial charge >= 0.3 is 5.97 Å². The third-order valence-corrected chi connectivity index (χ3v) is 6.58. The molecule has 0 amide bonds. The normalized spacial score (nSPS) is 11.1. The Labute approximate surface area is 191 Å². The lowest BCUT2D eigenvalue weighted by atomic mass is 10.1. The first-order valence-corrected chi connectivity index (χ1v) is 12.9. The molecule has 0 N–H and O–H groups in total. The third-order valence-electron chi connectivity index (χ3n) is 5.47. The second-order valence-corrected chi connectivity index (χ2v) is 9.39. The standard InChI is InChI=1S/C26H38FNO2S/c1-3-5-7-9-10-11-12-13-15-25-28-20-24(31-25)21-17-18-23(22(27)19-21)30-26(29)16-14-8-6-4-2/h17-20H,3-16H2,1-2H3. The first-order valence-electron chi connectivity index (χ1n) is 12.1. The molecule has 1 heterocycles. The van der Waals surface area contributed by atoms with Crippen LogP contribution in [-0.2, 0) is 11.2 Å². The number of thiazole rings is 1. The predicted molar refractivity (Wildman–Crippen MR) is 128 cm³/mol. The van der Waals surface area contributed by atoms with Crippen molar-refractivity contribution in [1.82, 2.24) is 4.98 Å². The highest BCUT2D eigenvalue weighted by Crippen LogP contribution is 2.30. The van der Waals surface area contributed by atoms with Crippen molar-refractivity contribution in [3.63, 3.8) is 0 Å². The van der Waals surface area contributed by atoms with Crippen LogP contribution >= 0.6 is 11.3 Å². The monoisotopic (exact) mass is 447 g/mol. The van der Waals surface area contributed by atoms with E-state index in [0.29, 0.717) is 6.42 Å². The molecule has 0 saturated heterocycles. The van der Waals surface area contributed by atoms with Gasteiger partial charge in [-0.15, -0.1) is 11.3 Å². The fraction of sp³-hybridized carbons (Fsp3) is 0.615. The van der Waals surface area contributed by atoms with Gasteiger partial charge in [-0.05, 0) is 43.0 Å². The lowest BCUT2D eigenvalue weighted by Crippen LogP contribution is -2.08. The first kappa shape index (κ1) is 25.5. The topological polar surface area (TPSA) is 39.2 Å². The summed E-state index contributed by atoms with van der Waals surface area (Å²) in [5, 5.41) is 1.10.